The maximum atomic E-state index is 4.18. The molecule has 1 aromatic rings. The normalized spacial score (nSPS) is 11.4. The Morgan fingerprint density at radius 1 is 1.43 bits per heavy atom. The Hall–Kier alpha value is -0.700. The van der Waals surface area contributed by atoms with Gasteiger partial charge in [0.05, 0.1) is 0 Å². The van der Waals surface area contributed by atoms with Crippen molar-refractivity contribution in [3.8, 4) is 0 Å². The van der Waals surface area contributed by atoms with E-state index < -0.39 is 0 Å². The minimum absolute atomic E-state index is 0.322. The fourth-order valence-electron chi connectivity index (χ4n) is 1.00. The molecule has 0 aliphatic rings. The Morgan fingerprint density at radius 2 is 2.14 bits per heavy atom. The van der Waals surface area contributed by atoms with Crippen LogP contribution in [0.15, 0.2) is 18.3 Å². The van der Waals surface area contributed by atoms with Gasteiger partial charge >= 0.3 is 0 Å². The van der Waals surface area contributed by atoms with E-state index in [1.54, 1.807) is 0 Å². The zero-order chi connectivity index (χ0) is 10.6. The molecule has 3 heteroatoms. The predicted octanol–water partition coefficient (Wildman–Crippen LogP) is 3.16. The molecule has 0 radical (unpaired) electrons. The van der Waals surface area contributed by atoms with Crippen molar-refractivity contribution in [1.82, 2.24) is 4.98 Å². The summed E-state index contributed by atoms with van der Waals surface area (Å²) in [6, 6.07) is 4.16. The molecule has 1 aromatic heterocycles. The summed E-state index contributed by atoms with van der Waals surface area (Å²) in [6.45, 7) is 6.70. The van der Waals surface area contributed by atoms with Crippen LogP contribution in [0, 0.1) is 0 Å². The summed E-state index contributed by atoms with van der Waals surface area (Å²) in [6.07, 6.45) is 1.85. The lowest BCUT2D eigenvalue weighted by Gasteiger charge is -2.17. The first-order chi connectivity index (χ1) is 6.51. The number of aromatic nitrogens is 1. The van der Waals surface area contributed by atoms with Gasteiger partial charge in [-0.3, -0.25) is 0 Å². The van der Waals surface area contributed by atoms with Gasteiger partial charge in [0.15, 0.2) is 0 Å². The number of nitrogens with one attached hydrogen (secondary N) is 1. The van der Waals surface area contributed by atoms with E-state index in [2.05, 4.69) is 43.2 Å². The Morgan fingerprint density at radius 3 is 2.71 bits per heavy atom. The molecule has 0 atom stereocenters. The summed E-state index contributed by atoms with van der Waals surface area (Å²) in [4.78, 5) is 4.18. The van der Waals surface area contributed by atoms with E-state index in [0.29, 0.717) is 4.75 Å². The summed E-state index contributed by atoms with van der Waals surface area (Å²) < 4.78 is 0.322. The number of hydrogen-bond donors (Lipinski definition) is 1. The Labute approximate surface area is 90.5 Å². The zero-order valence-corrected chi connectivity index (χ0v) is 10.1. The topological polar surface area (TPSA) is 24.9 Å². The van der Waals surface area contributed by atoms with Crippen LogP contribution in [0.5, 0.6) is 0 Å². The Bertz CT molecular complexity index is 292. The van der Waals surface area contributed by atoms with Gasteiger partial charge in [0, 0.05) is 23.7 Å². The first-order valence-corrected chi connectivity index (χ1v) is 5.76. The molecule has 14 heavy (non-hydrogen) atoms. The minimum atomic E-state index is 0.322. The largest absolute Gasteiger partial charge is 0.373 e. The molecule has 1 N–H and O–H groups in total. The molecule has 1 rings (SSSR count). The van der Waals surface area contributed by atoms with Crippen molar-refractivity contribution in [3.63, 3.8) is 0 Å². The van der Waals surface area contributed by atoms with E-state index in [1.807, 2.05) is 25.0 Å². The van der Waals surface area contributed by atoms with Crippen molar-refractivity contribution in [1.29, 1.82) is 0 Å². The van der Waals surface area contributed by atoms with Crippen LogP contribution >= 0.6 is 11.8 Å². The highest BCUT2D eigenvalue weighted by atomic mass is 32.2. The predicted molar refractivity (Wildman–Crippen MR) is 64.8 cm³/mol. The third-order valence-electron chi connectivity index (χ3n) is 1.75. The van der Waals surface area contributed by atoms with Crippen molar-refractivity contribution in [2.24, 2.45) is 0 Å². The number of hydrogen-bond acceptors (Lipinski definition) is 3. The molecule has 0 saturated carbocycles. The van der Waals surface area contributed by atoms with Crippen molar-refractivity contribution in [2.75, 3.05) is 12.4 Å². The van der Waals surface area contributed by atoms with Gasteiger partial charge in [-0.05, 0) is 17.7 Å². The monoisotopic (exact) mass is 210 g/mol. The van der Waals surface area contributed by atoms with Crippen LogP contribution in [-0.4, -0.2) is 16.8 Å². The summed E-state index contributed by atoms with van der Waals surface area (Å²) >= 11 is 1.95. The Balaban J connectivity index is 2.59. The molecule has 0 saturated heterocycles. The lowest BCUT2D eigenvalue weighted by molar-refractivity contribution is 0.802. The molecule has 2 nitrogen and oxygen atoms in total. The van der Waals surface area contributed by atoms with E-state index in [-0.39, 0.29) is 0 Å². The van der Waals surface area contributed by atoms with Crippen molar-refractivity contribution >= 4 is 17.6 Å². The summed E-state index contributed by atoms with van der Waals surface area (Å²) in [5.41, 5.74) is 1.32. The fraction of sp³-hybridized carbons (Fsp3) is 0.545. The van der Waals surface area contributed by atoms with Crippen molar-refractivity contribution in [3.05, 3.63) is 23.9 Å². The number of thioether (sulfide) groups is 1. The number of anilines is 1. The summed E-state index contributed by atoms with van der Waals surface area (Å²) in [7, 11) is 1.89. The van der Waals surface area contributed by atoms with E-state index in [1.165, 1.54) is 5.56 Å². The highest BCUT2D eigenvalue weighted by Crippen LogP contribution is 2.27. The third kappa shape index (κ3) is 4.01. The molecule has 1 heterocycles. The fourth-order valence-corrected chi connectivity index (χ4v) is 1.78. The lowest BCUT2D eigenvalue weighted by atomic mass is 10.3. The van der Waals surface area contributed by atoms with E-state index in [9.17, 15) is 0 Å². The highest BCUT2D eigenvalue weighted by molar-refractivity contribution is 7.99. The van der Waals surface area contributed by atoms with Crippen LogP contribution in [0.3, 0.4) is 0 Å². The maximum absolute atomic E-state index is 4.18. The number of nitrogens with zero attached hydrogens (tertiary/aromatic N) is 1. The zero-order valence-electron chi connectivity index (χ0n) is 9.29. The van der Waals surface area contributed by atoms with Crippen LogP contribution in [-0.2, 0) is 5.75 Å². The van der Waals surface area contributed by atoms with E-state index in [0.717, 1.165) is 11.6 Å². The number of pyridine rings is 1. The smallest absolute Gasteiger partial charge is 0.125 e. The lowest BCUT2D eigenvalue weighted by Crippen LogP contribution is -2.07. The van der Waals surface area contributed by atoms with Gasteiger partial charge < -0.3 is 5.32 Å². The second-order valence-electron chi connectivity index (χ2n) is 4.20. The van der Waals surface area contributed by atoms with Crippen LogP contribution < -0.4 is 5.32 Å². The van der Waals surface area contributed by atoms with Gasteiger partial charge in [-0.25, -0.2) is 4.98 Å². The molecule has 0 bridgehead atoms. The van der Waals surface area contributed by atoms with E-state index in [4.69, 9.17) is 0 Å². The molecule has 0 amide bonds. The highest BCUT2D eigenvalue weighted by Gasteiger charge is 2.10. The van der Waals surface area contributed by atoms with Crippen LogP contribution in [0.2, 0.25) is 0 Å². The summed E-state index contributed by atoms with van der Waals surface area (Å²) in [5, 5.41) is 3.04. The van der Waals surface area contributed by atoms with Crippen LogP contribution in [0.25, 0.3) is 0 Å². The van der Waals surface area contributed by atoms with Gasteiger partial charge in [-0.15, -0.1) is 0 Å². The second-order valence-corrected chi connectivity index (χ2v) is 6.00. The molecule has 0 aliphatic carbocycles. The standard InChI is InChI=1S/C11H18N2S/c1-11(2,3)14-8-9-5-6-13-10(7-9)12-4/h5-7H,8H2,1-4H3,(H,12,13). The summed E-state index contributed by atoms with van der Waals surface area (Å²) in [5.74, 6) is 1.98. The van der Waals surface area contributed by atoms with Gasteiger partial charge in [-0.1, -0.05) is 20.8 Å². The second kappa shape index (κ2) is 4.69. The average molecular weight is 210 g/mol. The molecule has 0 aromatic carbocycles. The number of rotatable bonds is 3. The first-order valence-electron chi connectivity index (χ1n) is 4.78. The van der Waals surface area contributed by atoms with Gasteiger partial charge in [-0.2, -0.15) is 11.8 Å². The molecular formula is C11H18N2S. The quantitative estimate of drug-likeness (QED) is 0.829. The molecule has 0 unspecified atom stereocenters. The van der Waals surface area contributed by atoms with Crippen LogP contribution in [0.4, 0.5) is 5.82 Å². The van der Waals surface area contributed by atoms with Gasteiger partial charge in [0.25, 0.3) is 0 Å². The third-order valence-corrected chi connectivity index (χ3v) is 3.10. The molecule has 0 fully saturated rings. The van der Waals surface area contributed by atoms with Crippen molar-refractivity contribution < 1.29 is 0 Å². The van der Waals surface area contributed by atoms with Gasteiger partial charge in [0.2, 0.25) is 0 Å². The molecule has 0 spiro atoms. The maximum Gasteiger partial charge on any atom is 0.125 e. The Kier molecular flexibility index (Phi) is 3.81. The van der Waals surface area contributed by atoms with Crippen molar-refractivity contribution in [2.45, 2.75) is 31.3 Å². The molecule has 0 aliphatic heterocycles. The average Bonchev–Trinajstić information content (AvgIpc) is 2.14. The first kappa shape index (κ1) is 11.4. The SMILES string of the molecule is CNc1cc(CSC(C)(C)C)ccn1. The minimum Gasteiger partial charge on any atom is -0.373 e. The molecule has 78 valence electrons. The van der Waals surface area contributed by atoms with Crippen LogP contribution in [0.1, 0.15) is 26.3 Å². The van der Waals surface area contributed by atoms with Gasteiger partial charge in [0.1, 0.15) is 5.82 Å². The molecular weight excluding hydrogens is 192 g/mol. The van der Waals surface area contributed by atoms with E-state index >= 15 is 0 Å².